The monoisotopic (exact) mass is 472 g/mol. The van der Waals surface area contributed by atoms with Crippen molar-refractivity contribution in [1.29, 1.82) is 0 Å². The fraction of sp³-hybridized carbons (Fsp3) is 0.143. The largest absolute Gasteiger partial charge is 0.489 e. The third-order valence-corrected chi connectivity index (χ3v) is 6.19. The standard InChI is InChI=1S/C28H25FN2O2S/c1-3-5-22-16-21(10-15-25(22)33-18-20-6-11-23(29)12-7-20)17-26-27(32)31-28(34-26)30-24-13-8-19(4-2)9-14-24/h3,6-17H,1,4-5,18H2,2H3,(H,30,31,32)/b26-17-. The fourth-order valence-corrected chi connectivity index (χ4v) is 4.28. The molecule has 172 valence electrons. The molecule has 34 heavy (non-hydrogen) atoms. The van der Waals surface area contributed by atoms with Crippen LogP contribution >= 0.6 is 11.8 Å². The molecule has 1 fully saturated rings. The number of amidine groups is 1. The Labute approximate surface area is 203 Å². The normalized spacial score (nSPS) is 15.5. The number of carbonyl (C=O) groups is 1. The Kier molecular flexibility index (Phi) is 7.60. The van der Waals surface area contributed by atoms with Crippen LogP contribution in [0.2, 0.25) is 0 Å². The van der Waals surface area contributed by atoms with Gasteiger partial charge in [-0.15, -0.1) is 6.58 Å². The second-order valence-electron chi connectivity index (χ2n) is 7.78. The van der Waals surface area contributed by atoms with E-state index in [2.05, 4.69) is 23.8 Å². The second-order valence-corrected chi connectivity index (χ2v) is 8.81. The Morgan fingerprint density at radius 2 is 1.79 bits per heavy atom. The average Bonchev–Trinajstić information content (AvgIpc) is 3.18. The smallest absolute Gasteiger partial charge is 0.264 e. The van der Waals surface area contributed by atoms with E-state index in [4.69, 9.17) is 4.74 Å². The highest BCUT2D eigenvalue weighted by Gasteiger charge is 2.24. The highest BCUT2D eigenvalue weighted by Crippen LogP contribution is 2.30. The van der Waals surface area contributed by atoms with Gasteiger partial charge >= 0.3 is 0 Å². The van der Waals surface area contributed by atoms with Crippen molar-refractivity contribution in [1.82, 2.24) is 5.32 Å². The van der Waals surface area contributed by atoms with Crippen LogP contribution in [0.5, 0.6) is 5.75 Å². The van der Waals surface area contributed by atoms with Gasteiger partial charge < -0.3 is 10.1 Å². The molecule has 4 rings (SSSR count). The Hall–Kier alpha value is -3.64. The van der Waals surface area contributed by atoms with Gasteiger partial charge in [0.2, 0.25) is 0 Å². The van der Waals surface area contributed by atoms with E-state index in [1.165, 1.54) is 29.5 Å². The van der Waals surface area contributed by atoms with Crippen LogP contribution < -0.4 is 10.1 Å². The molecule has 1 aliphatic rings. The van der Waals surface area contributed by atoms with Crippen molar-refractivity contribution in [3.05, 3.63) is 112 Å². The van der Waals surface area contributed by atoms with Gasteiger partial charge in [-0.1, -0.05) is 43.3 Å². The van der Waals surface area contributed by atoms with E-state index in [0.29, 0.717) is 23.1 Å². The SMILES string of the molecule is C=CCc1cc(/C=C2\SC(=Nc3ccc(CC)cc3)NC2=O)ccc1OCc1ccc(F)cc1. The number of benzene rings is 3. The number of halogens is 1. The summed E-state index contributed by atoms with van der Waals surface area (Å²) in [7, 11) is 0. The van der Waals surface area contributed by atoms with E-state index in [-0.39, 0.29) is 11.7 Å². The summed E-state index contributed by atoms with van der Waals surface area (Å²) in [6, 6.07) is 20.0. The average molecular weight is 473 g/mol. The molecule has 1 amide bonds. The molecule has 4 nitrogen and oxygen atoms in total. The number of amides is 1. The Balaban J connectivity index is 1.49. The molecule has 0 saturated carbocycles. The van der Waals surface area contributed by atoms with Gasteiger partial charge in [-0.2, -0.15) is 0 Å². The van der Waals surface area contributed by atoms with E-state index in [9.17, 15) is 9.18 Å². The maximum absolute atomic E-state index is 13.1. The molecule has 1 heterocycles. The lowest BCUT2D eigenvalue weighted by atomic mass is 10.1. The predicted molar refractivity (Wildman–Crippen MR) is 138 cm³/mol. The molecular weight excluding hydrogens is 447 g/mol. The van der Waals surface area contributed by atoms with Crippen LogP contribution in [0.3, 0.4) is 0 Å². The van der Waals surface area contributed by atoms with E-state index in [1.807, 2.05) is 54.6 Å². The minimum absolute atomic E-state index is 0.171. The summed E-state index contributed by atoms with van der Waals surface area (Å²) >= 11 is 1.32. The number of allylic oxidation sites excluding steroid dienone is 1. The molecule has 3 aromatic carbocycles. The maximum Gasteiger partial charge on any atom is 0.264 e. The van der Waals surface area contributed by atoms with Crippen molar-refractivity contribution in [3.8, 4) is 5.75 Å². The number of hydrogen-bond acceptors (Lipinski definition) is 4. The molecular formula is C28H25FN2O2S. The molecule has 0 aliphatic carbocycles. The first-order valence-corrected chi connectivity index (χ1v) is 11.9. The highest BCUT2D eigenvalue weighted by atomic mass is 32.2. The molecule has 0 bridgehead atoms. The lowest BCUT2D eigenvalue weighted by molar-refractivity contribution is -0.115. The first-order chi connectivity index (χ1) is 16.5. The second kappa shape index (κ2) is 11.0. The van der Waals surface area contributed by atoms with Crippen molar-refractivity contribution in [2.45, 2.75) is 26.4 Å². The minimum atomic E-state index is -0.273. The zero-order valence-electron chi connectivity index (χ0n) is 18.9. The molecule has 0 spiro atoms. The lowest BCUT2D eigenvalue weighted by Gasteiger charge is -2.12. The van der Waals surface area contributed by atoms with Gasteiger partial charge in [0.05, 0.1) is 10.6 Å². The summed E-state index contributed by atoms with van der Waals surface area (Å²) in [5.41, 5.74) is 4.77. The molecule has 1 saturated heterocycles. The Bertz CT molecular complexity index is 1250. The van der Waals surface area contributed by atoms with Crippen LogP contribution in [0.25, 0.3) is 6.08 Å². The predicted octanol–water partition coefficient (Wildman–Crippen LogP) is 6.59. The number of nitrogens with one attached hydrogen (secondary N) is 1. The zero-order valence-corrected chi connectivity index (χ0v) is 19.7. The van der Waals surface area contributed by atoms with Gasteiger partial charge in [0.15, 0.2) is 5.17 Å². The van der Waals surface area contributed by atoms with Gasteiger partial charge in [-0.05, 0) is 89.3 Å². The van der Waals surface area contributed by atoms with E-state index in [1.54, 1.807) is 12.1 Å². The van der Waals surface area contributed by atoms with E-state index >= 15 is 0 Å². The van der Waals surface area contributed by atoms with Crippen molar-refractivity contribution >= 4 is 34.6 Å². The van der Waals surface area contributed by atoms with Crippen LogP contribution in [0.1, 0.15) is 29.2 Å². The molecule has 0 unspecified atom stereocenters. The number of hydrogen-bond donors (Lipinski definition) is 1. The molecule has 1 N–H and O–H groups in total. The van der Waals surface area contributed by atoms with Gasteiger partial charge in [0.25, 0.3) is 5.91 Å². The number of carbonyl (C=O) groups excluding carboxylic acids is 1. The lowest BCUT2D eigenvalue weighted by Crippen LogP contribution is -2.19. The van der Waals surface area contributed by atoms with Gasteiger partial charge in [0.1, 0.15) is 18.2 Å². The first kappa shape index (κ1) is 23.5. The number of rotatable bonds is 8. The third kappa shape index (κ3) is 6.02. The van der Waals surface area contributed by atoms with Crippen LogP contribution in [-0.4, -0.2) is 11.1 Å². The van der Waals surface area contributed by atoms with Gasteiger partial charge in [-0.3, -0.25) is 4.79 Å². The summed E-state index contributed by atoms with van der Waals surface area (Å²) in [4.78, 5) is 17.6. The Morgan fingerprint density at radius 1 is 1.06 bits per heavy atom. The highest BCUT2D eigenvalue weighted by molar-refractivity contribution is 8.18. The number of nitrogens with zero attached hydrogens (tertiary/aromatic N) is 1. The number of aryl methyl sites for hydroxylation is 1. The topological polar surface area (TPSA) is 50.7 Å². The third-order valence-electron chi connectivity index (χ3n) is 5.28. The fourth-order valence-electron chi connectivity index (χ4n) is 3.44. The van der Waals surface area contributed by atoms with Crippen LogP contribution in [0, 0.1) is 5.82 Å². The Morgan fingerprint density at radius 3 is 2.50 bits per heavy atom. The van der Waals surface area contributed by atoms with E-state index < -0.39 is 0 Å². The minimum Gasteiger partial charge on any atom is -0.489 e. The molecule has 0 atom stereocenters. The quantitative estimate of drug-likeness (QED) is 0.297. The summed E-state index contributed by atoms with van der Waals surface area (Å²) < 4.78 is 19.1. The van der Waals surface area contributed by atoms with E-state index in [0.717, 1.165) is 34.5 Å². The summed E-state index contributed by atoms with van der Waals surface area (Å²) in [6.45, 7) is 6.28. The summed E-state index contributed by atoms with van der Waals surface area (Å²) in [5.74, 6) is 0.286. The van der Waals surface area contributed by atoms with Crippen LogP contribution in [0.15, 0.2) is 89.3 Å². The van der Waals surface area contributed by atoms with Crippen molar-refractivity contribution in [2.75, 3.05) is 0 Å². The van der Waals surface area contributed by atoms with Crippen molar-refractivity contribution in [3.63, 3.8) is 0 Å². The number of ether oxygens (including phenoxy) is 1. The maximum atomic E-state index is 13.1. The molecule has 1 aliphatic heterocycles. The van der Waals surface area contributed by atoms with Crippen molar-refractivity contribution < 1.29 is 13.9 Å². The summed E-state index contributed by atoms with van der Waals surface area (Å²) in [6.07, 6.45) is 5.25. The molecule has 3 aromatic rings. The van der Waals surface area contributed by atoms with Crippen LogP contribution in [-0.2, 0) is 24.2 Å². The number of aliphatic imine (C=N–C) groups is 1. The molecule has 6 heteroatoms. The molecule has 0 aromatic heterocycles. The van der Waals surface area contributed by atoms with Gasteiger partial charge in [-0.25, -0.2) is 9.38 Å². The van der Waals surface area contributed by atoms with Crippen LogP contribution in [0.4, 0.5) is 10.1 Å². The number of thioether (sulfide) groups is 1. The van der Waals surface area contributed by atoms with Gasteiger partial charge in [0, 0.05) is 0 Å². The first-order valence-electron chi connectivity index (χ1n) is 11.0. The summed E-state index contributed by atoms with van der Waals surface area (Å²) in [5, 5.41) is 3.39. The zero-order chi connectivity index (χ0) is 23.9. The van der Waals surface area contributed by atoms with Crippen molar-refractivity contribution in [2.24, 2.45) is 4.99 Å². The molecule has 0 radical (unpaired) electrons.